The van der Waals surface area contributed by atoms with Crippen LogP contribution in [-0.2, 0) is 20.9 Å². The van der Waals surface area contributed by atoms with E-state index in [1.165, 1.54) is 6.92 Å². The summed E-state index contributed by atoms with van der Waals surface area (Å²) in [6.07, 6.45) is 0. The number of benzene rings is 1. The number of esters is 1. The number of rotatable bonds is 4. The van der Waals surface area contributed by atoms with Gasteiger partial charge in [0.2, 0.25) is 0 Å². The molecular formula is C12H12O3. The minimum absolute atomic E-state index is 0.110. The Morgan fingerprint density at radius 3 is 2.40 bits per heavy atom. The second kappa shape index (κ2) is 5.10. The van der Waals surface area contributed by atoms with Crippen LogP contribution >= 0.6 is 0 Å². The summed E-state index contributed by atoms with van der Waals surface area (Å²) in [5, 5.41) is 0. The molecule has 0 saturated heterocycles. The van der Waals surface area contributed by atoms with Crippen LogP contribution in [0.15, 0.2) is 42.5 Å². The van der Waals surface area contributed by atoms with Crippen molar-refractivity contribution >= 4 is 11.8 Å². The Hall–Kier alpha value is -1.90. The second-order valence-corrected chi connectivity index (χ2v) is 3.17. The maximum atomic E-state index is 11.1. The average Bonchev–Trinajstić information content (AvgIpc) is 2.26. The van der Waals surface area contributed by atoms with Gasteiger partial charge in [-0.3, -0.25) is 4.79 Å². The van der Waals surface area contributed by atoms with Gasteiger partial charge in [-0.25, -0.2) is 4.79 Å². The second-order valence-electron chi connectivity index (χ2n) is 3.17. The summed E-state index contributed by atoms with van der Waals surface area (Å²) in [5.41, 5.74) is 1.04. The molecule has 0 aliphatic heterocycles. The molecule has 1 aromatic carbocycles. The van der Waals surface area contributed by atoms with Gasteiger partial charge in [-0.05, 0) is 18.1 Å². The molecular weight excluding hydrogens is 192 g/mol. The molecule has 0 spiro atoms. The quantitative estimate of drug-likeness (QED) is 0.427. The molecule has 0 fully saturated rings. The van der Waals surface area contributed by atoms with Crippen molar-refractivity contribution in [3.05, 3.63) is 48.0 Å². The number of ether oxygens (including phenoxy) is 1. The van der Waals surface area contributed by atoms with Gasteiger partial charge in [0.05, 0.1) is 0 Å². The zero-order chi connectivity index (χ0) is 11.3. The predicted molar refractivity (Wildman–Crippen MR) is 56.1 cm³/mol. The van der Waals surface area contributed by atoms with Crippen LogP contribution in [-0.4, -0.2) is 11.8 Å². The summed E-state index contributed by atoms with van der Waals surface area (Å²) in [4.78, 5) is 22.2. The SMILES string of the molecule is C=C(C)C(=O)C(=O)OCc1ccccc1. The van der Waals surface area contributed by atoms with E-state index in [2.05, 4.69) is 6.58 Å². The topological polar surface area (TPSA) is 43.4 Å². The van der Waals surface area contributed by atoms with Gasteiger partial charge in [0.25, 0.3) is 5.78 Å². The fourth-order valence-corrected chi connectivity index (χ4v) is 0.963. The fourth-order valence-electron chi connectivity index (χ4n) is 0.963. The summed E-state index contributed by atoms with van der Waals surface area (Å²) >= 11 is 0. The van der Waals surface area contributed by atoms with Crippen LogP contribution in [0.25, 0.3) is 0 Å². The molecule has 78 valence electrons. The van der Waals surface area contributed by atoms with E-state index in [4.69, 9.17) is 4.74 Å². The van der Waals surface area contributed by atoms with E-state index in [1.807, 2.05) is 30.3 Å². The van der Waals surface area contributed by atoms with Crippen molar-refractivity contribution in [3.8, 4) is 0 Å². The first-order chi connectivity index (χ1) is 7.11. The maximum Gasteiger partial charge on any atom is 0.379 e. The Bertz CT molecular complexity index is 379. The number of hydrogen-bond acceptors (Lipinski definition) is 3. The van der Waals surface area contributed by atoms with E-state index < -0.39 is 11.8 Å². The van der Waals surface area contributed by atoms with Gasteiger partial charge in [-0.2, -0.15) is 0 Å². The Balaban J connectivity index is 2.48. The van der Waals surface area contributed by atoms with Crippen LogP contribution in [0, 0.1) is 0 Å². The zero-order valence-electron chi connectivity index (χ0n) is 8.53. The smallest absolute Gasteiger partial charge is 0.379 e. The third-order valence-corrected chi connectivity index (χ3v) is 1.79. The Morgan fingerprint density at radius 2 is 1.87 bits per heavy atom. The molecule has 0 aliphatic carbocycles. The first kappa shape index (κ1) is 11.2. The van der Waals surface area contributed by atoms with Crippen molar-refractivity contribution in [3.63, 3.8) is 0 Å². The minimum Gasteiger partial charge on any atom is -0.455 e. The molecule has 1 rings (SSSR count). The molecule has 0 aliphatic rings. The molecule has 0 aromatic heterocycles. The highest BCUT2D eigenvalue weighted by molar-refractivity contribution is 6.40. The van der Waals surface area contributed by atoms with Crippen LogP contribution in [0.5, 0.6) is 0 Å². The summed E-state index contributed by atoms with van der Waals surface area (Å²) in [6, 6.07) is 9.18. The number of ketones is 1. The third kappa shape index (κ3) is 3.38. The van der Waals surface area contributed by atoms with Crippen molar-refractivity contribution in [2.45, 2.75) is 13.5 Å². The molecule has 3 nitrogen and oxygen atoms in total. The first-order valence-corrected chi connectivity index (χ1v) is 4.52. The van der Waals surface area contributed by atoms with E-state index in [0.717, 1.165) is 5.56 Å². The van der Waals surface area contributed by atoms with Crippen molar-refractivity contribution in [2.75, 3.05) is 0 Å². The van der Waals surface area contributed by atoms with Gasteiger partial charge in [0.15, 0.2) is 0 Å². The lowest BCUT2D eigenvalue weighted by Crippen LogP contribution is -2.17. The highest BCUT2D eigenvalue weighted by atomic mass is 16.5. The molecule has 0 atom stereocenters. The molecule has 0 amide bonds. The molecule has 15 heavy (non-hydrogen) atoms. The lowest BCUT2D eigenvalue weighted by Gasteiger charge is -2.03. The van der Waals surface area contributed by atoms with Gasteiger partial charge < -0.3 is 4.74 Å². The van der Waals surface area contributed by atoms with Gasteiger partial charge in [-0.15, -0.1) is 0 Å². The minimum atomic E-state index is -0.855. The molecule has 0 unspecified atom stereocenters. The lowest BCUT2D eigenvalue weighted by atomic mass is 10.2. The van der Waals surface area contributed by atoms with Crippen molar-refractivity contribution < 1.29 is 14.3 Å². The standard InChI is InChI=1S/C12H12O3/c1-9(2)11(13)12(14)15-8-10-6-4-3-5-7-10/h3-7H,1,8H2,2H3. The molecule has 0 bridgehead atoms. The van der Waals surface area contributed by atoms with E-state index in [9.17, 15) is 9.59 Å². The lowest BCUT2D eigenvalue weighted by molar-refractivity contribution is -0.153. The predicted octanol–water partition coefficient (Wildman–Crippen LogP) is 1.87. The molecule has 0 N–H and O–H groups in total. The van der Waals surface area contributed by atoms with E-state index >= 15 is 0 Å². The zero-order valence-corrected chi connectivity index (χ0v) is 8.53. The van der Waals surface area contributed by atoms with E-state index in [0.29, 0.717) is 0 Å². The van der Waals surface area contributed by atoms with Crippen molar-refractivity contribution in [1.82, 2.24) is 0 Å². The Labute approximate surface area is 88.4 Å². The van der Waals surface area contributed by atoms with E-state index in [1.54, 1.807) is 0 Å². The van der Waals surface area contributed by atoms with Crippen molar-refractivity contribution in [1.29, 1.82) is 0 Å². The highest BCUT2D eigenvalue weighted by Crippen LogP contribution is 2.02. The van der Waals surface area contributed by atoms with Gasteiger partial charge in [-0.1, -0.05) is 36.9 Å². The molecule has 0 radical (unpaired) electrons. The van der Waals surface area contributed by atoms with Gasteiger partial charge in [0.1, 0.15) is 6.61 Å². The normalized spacial score (nSPS) is 9.40. The Morgan fingerprint density at radius 1 is 1.27 bits per heavy atom. The van der Waals surface area contributed by atoms with Crippen LogP contribution in [0.3, 0.4) is 0 Å². The number of Topliss-reactive ketones (excluding diaryl/α,β-unsaturated/α-hetero) is 1. The van der Waals surface area contributed by atoms with Crippen molar-refractivity contribution in [2.24, 2.45) is 0 Å². The number of carbonyl (C=O) groups excluding carboxylic acids is 2. The van der Waals surface area contributed by atoms with Crippen LogP contribution in [0.2, 0.25) is 0 Å². The third-order valence-electron chi connectivity index (χ3n) is 1.79. The van der Waals surface area contributed by atoms with Crippen LogP contribution < -0.4 is 0 Å². The largest absolute Gasteiger partial charge is 0.455 e. The maximum absolute atomic E-state index is 11.1. The summed E-state index contributed by atoms with van der Waals surface area (Å²) in [7, 11) is 0. The van der Waals surface area contributed by atoms with Crippen LogP contribution in [0.4, 0.5) is 0 Å². The molecule has 0 saturated carbocycles. The Kier molecular flexibility index (Phi) is 3.80. The fraction of sp³-hybridized carbons (Fsp3) is 0.167. The van der Waals surface area contributed by atoms with Crippen LogP contribution in [0.1, 0.15) is 12.5 Å². The number of hydrogen-bond donors (Lipinski definition) is 0. The summed E-state index contributed by atoms with van der Waals surface area (Å²) in [6.45, 7) is 4.97. The monoisotopic (exact) mass is 204 g/mol. The average molecular weight is 204 g/mol. The highest BCUT2D eigenvalue weighted by Gasteiger charge is 2.15. The summed E-state index contributed by atoms with van der Waals surface area (Å²) in [5.74, 6) is -1.53. The first-order valence-electron chi connectivity index (χ1n) is 4.52. The van der Waals surface area contributed by atoms with Gasteiger partial charge in [0, 0.05) is 0 Å². The van der Waals surface area contributed by atoms with Gasteiger partial charge >= 0.3 is 5.97 Å². The molecule has 0 heterocycles. The molecule has 1 aromatic rings. The number of carbonyl (C=O) groups is 2. The molecule has 3 heteroatoms. The van der Waals surface area contributed by atoms with E-state index in [-0.39, 0.29) is 12.2 Å². The summed E-state index contributed by atoms with van der Waals surface area (Å²) < 4.78 is 4.80.